The van der Waals surface area contributed by atoms with Gasteiger partial charge < -0.3 is 15.1 Å². The molecule has 1 atom stereocenters. The summed E-state index contributed by atoms with van der Waals surface area (Å²) in [5.74, 6) is 0.256. The summed E-state index contributed by atoms with van der Waals surface area (Å²) in [5.41, 5.74) is 1.07. The van der Waals surface area contributed by atoms with Gasteiger partial charge in [0.05, 0.1) is 16.1 Å². The van der Waals surface area contributed by atoms with Crippen LogP contribution in [0.2, 0.25) is 10.0 Å². The van der Waals surface area contributed by atoms with E-state index in [2.05, 4.69) is 15.1 Å². The van der Waals surface area contributed by atoms with Crippen molar-refractivity contribution in [3.8, 4) is 0 Å². The molecule has 2 heterocycles. The van der Waals surface area contributed by atoms with Crippen LogP contribution in [0.4, 0.5) is 5.69 Å². The van der Waals surface area contributed by atoms with Gasteiger partial charge in [-0.1, -0.05) is 36.0 Å². The molecule has 3 fully saturated rings. The fourth-order valence-electron chi connectivity index (χ4n) is 4.63. The molecule has 148 valence electrons. The van der Waals surface area contributed by atoms with Gasteiger partial charge in [0.15, 0.2) is 0 Å². The van der Waals surface area contributed by atoms with Gasteiger partial charge in [0, 0.05) is 57.5 Å². The zero-order valence-electron chi connectivity index (χ0n) is 15.7. The number of hydrogen-bond donors (Lipinski definition) is 1. The number of nitrogens with zero attached hydrogens (tertiary/aromatic N) is 3. The van der Waals surface area contributed by atoms with Crippen LogP contribution in [-0.2, 0) is 4.79 Å². The summed E-state index contributed by atoms with van der Waals surface area (Å²) in [6.07, 6.45) is 5.26. The second-order valence-electron chi connectivity index (χ2n) is 7.85. The summed E-state index contributed by atoms with van der Waals surface area (Å²) >= 11 is 12.2. The van der Waals surface area contributed by atoms with E-state index in [0.717, 1.165) is 51.5 Å². The first-order chi connectivity index (χ1) is 13.1. The van der Waals surface area contributed by atoms with Crippen molar-refractivity contribution in [2.24, 2.45) is 0 Å². The lowest BCUT2D eigenvalue weighted by Crippen LogP contribution is -2.61. The van der Waals surface area contributed by atoms with Gasteiger partial charge in [-0.3, -0.25) is 9.69 Å². The van der Waals surface area contributed by atoms with Crippen molar-refractivity contribution in [2.75, 3.05) is 50.7 Å². The minimum absolute atomic E-state index is 0.0594. The first-order valence-electron chi connectivity index (χ1n) is 10.1. The van der Waals surface area contributed by atoms with E-state index in [4.69, 9.17) is 23.2 Å². The number of carbonyl (C=O) groups is 1. The Morgan fingerprint density at radius 1 is 1.00 bits per heavy atom. The maximum Gasteiger partial charge on any atom is 0.241 e. The van der Waals surface area contributed by atoms with Crippen LogP contribution in [0.3, 0.4) is 0 Å². The molecule has 0 unspecified atom stereocenters. The van der Waals surface area contributed by atoms with Crippen molar-refractivity contribution in [1.82, 2.24) is 15.1 Å². The first-order valence-corrected chi connectivity index (χ1v) is 10.8. The van der Waals surface area contributed by atoms with E-state index < -0.39 is 0 Å². The molecule has 1 amide bonds. The number of benzene rings is 1. The van der Waals surface area contributed by atoms with E-state index in [9.17, 15) is 4.79 Å². The Hall–Kier alpha value is -1.01. The molecule has 1 aromatic carbocycles. The number of rotatable bonds is 3. The number of halogens is 2. The topological polar surface area (TPSA) is 38.8 Å². The Morgan fingerprint density at radius 2 is 1.74 bits per heavy atom. The van der Waals surface area contributed by atoms with Crippen molar-refractivity contribution in [1.29, 1.82) is 0 Å². The Bertz CT molecular complexity index is 672. The van der Waals surface area contributed by atoms with E-state index in [1.54, 1.807) is 0 Å². The van der Waals surface area contributed by atoms with E-state index >= 15 is 0 Å². The number of piperazine rings is 2. The van der Waals surface area contributed by atoms with Crippen LogP contribution in [-0.4, -0.2) is 73.6 Å². The third-order valence-electron chi connectivity index (χ3n) is 6.21. The highest BCUT2D eigenvalue weighted by molar-refractivity contribution is 6.42. The molecular formula is C20H28Cl2N4O. The average molecular weight is 411 g/mol. The molecule has 0 spiro atoms. The molecule has 4 rings (SSSR count). The van der Waals surface area contributed by atoms with Crippen molar-refractivity contribution in [3.05, 3.63) is 28.2 Å². The Labute approximate surface area is 171 Å². The third kappa shape index (κ3) is 4.37. The highest BCUT2D eigenvalue weighted by Crippen LogP contribution is 2.28. The Kier molecular flexibility index (Phi) is 6.12. The maximum atomic E-state index is 13.0. The average Bonchev–Trinajstić information content (AvgIpc) is 3.25. The van der Waals surface area contributed by atoms with Crippen molar-refractivity contribution < 1.29 is 4.79 Å². The quantitative estimate of drug-likeness (QED) is 0.831. The fraction of sp³-hybridized carbons (Fsp3) is 0.650. The van der Waals surface area contributed by atoms with Crippen LogP contribution in [0, 0.1) is 0 Å². The molecule has 2 saturated heterocycles. The van der Waals surface area contributed by atoms with Gasteiger partial charge >= 0.3 is 0 Å². The van der Waals surface area contributed by atoms with Gasteiger partial charge in [-0.05, 0) is 31.0 Å². The molecule has 0 bridgehead atoms. The van der Waals surface area contributed by atoms with Crippen LogP contribution < -0.4 is 10.2 Å². The van der Waals surface area contributed by atoms with Crippen LogP contribution in [0.5, 0.6) is 0 Å². The highest BCUT2D eigenvalue weighted by Gasteiger charge is 2.33. The van der Waals surface area contributed by atoms with Crippen molar-refractivity contribution in [3.63, 3.8) is 0 Å². The minimum atomic E-state index is -0.0594. The zero-order chi connectivity index (χ0) is 18.8. The van der Waals surface area contributed by atoms with E-state index in [-0.39, 0.29) is 11.9 Å². The molecule has 3 aliphatic rings. The molecule has 1 N–H and O–H groups in total. The van der Waals surface area contributed by atoms with Gasteiger partial charge in [0.1, 0.15) is 0 Å². The van der Waals surface area contributed by atoms with Crippen molar-refractivity contribution >= 4 is 34.8 Å². The number of amides is 1. The molecule has 2 aliphatic heterocycles. The van der Waals surface area contributed by atoms with Crippen LogP contribution in [0.15, 0.2) is 18.2 Å². The molecule has 7 heteroatoms. The molecule has 1 aliphatic carbocycles. The molecular weight excluding hydrogens is 383 g/mol. The largest absolute Gasteiger partial charge is 0.368 e. The highest BCUT2D eigenvalue weighted by atomic mass is 35.5. The third-order valence-corrected chi connectivity index (χ3v) is 6.94. The Morgan fingerprint density at radius 3 is 2.44 bits per heavy atom. The van der Waals surface area contributed by atoms with Gasteiger partial charge in [-0.25, -0.2) is 0 Å². The van der Waals surface area contributed by atoms with E-state index in [1.807, 2.05) is 23.1 Å². The van der Waals surface area contributed by atoms with Gasteiger partial charge in [-0.15, -0.1) is 0 Å². The molecule has 0 aromatic heterocycles. The van der Waals surface area contributed by atoms with E-state index in [0.29, 0.717) is 16.1 Å². The molecule has 1 aromatic rings. The number of hydrogen-bond acceptors (Lipinski definition) is 4. The van der Waals surface area contributed by atoms with Crippen LogP contribution in [0.25, 0.3) is 0 Å². The lowest BCUT2D eigenvalue weighted by molar-refractivity contribution is -0.135. The predicted molar refractivity (Wildman–Crippen MR) is 111 cm³/mol. The smallest absolute Gasteiger partial charge is 0.241 e. The zero-order valence-corrected chi connectivity index (χ0v) is 17.2. The first kappa shape index (κ1) is 19.3. The number of nitrogens with one attached hydrogen (secondary N) is 1. The van der Waals surface area contributed by atoms with Gasteiger partial charge in [0.2, 0.25) is 5.91 Å². The predicted octanol–water partition coefficient (Wildman–Crippen LogP) is 2.86. The van der Waals surface area contributed by atoms with Gasteiger partial charge in [-0.2, -0.15) is 0 Å². The van der Waals surface area contributed by atoms with Crippen LogP contribution >= 0.6 is 23.2 Å². The monoisotopic (exact) mass is 410 g/mol. The summed E-state index contributed by atoms with van der Waals surface area (Å²) in [5, 5.41) is 4.60. The lowest BCUT2D eigenvalue weighted by Gasteiger charge is -2.41. The summed E-state index contributed by atoms with van der Waals surface area (Å²) < 4.78 is 0. The van der Waals surface area contributed by atoms with E-state index in [1.165, 1.54) is 25.7 Å². The number of anilines is 1. The fourth-order valence-corrected chi connectivity index (χ4v) is 4.92. The molecule has 1 saturated carbocycles. The lowest BCUT2D eigenvalue weighted by atomic mass is 10.1. The second kappa shape index (κ2) is 8.56. The summed E-state index contributed by atoms with van der Waals surface area (Å²) in [4.78, 5) is 19.9. The van der Waals surface area contributed by atoms with Gasteiger partial charge in [0.25, 0.3) is 0 Å². The normalized spacial score (nSPS) is 25.2. The summed E-state index contributed by atoms with van der Waals surface area (Å²) in [6, 6.07) is 6.36. The van der Waals surface area contributed by atoms with Crippen molar-refractivity contribution in [2.45, 2.75) is 37.8 Å². The SMILES string of the molecule is O=C([C@H]1CN(C2CCCC2)CCN1)N1CCN(c2ccc(Cl)c(Cl)c2)CC1. The minimum Gasteiger partial charge on any atom is -0.368 e. The second-order valence-corrected chi connectivity index (χ2v) is 8.67. The van der Waals surface area contributed by atoms with Crippen LogP contribution in [0.1, 0.15) is 25.7 Å². The Balaban J connectivity index is 1.32. The molecule has 0 radical (unpaired) electrons. The number of carbonyl (C=O) groups excluding carboxylic acids is 1. The molecule has 27 heavy (non-hydrogen) atoms. The maximum absolute atomic E-state index is 13.0. The summed E-state index contributed by atoms with van der Waals surface area (Å²) in [7, 11) is 0. The molecule has 5 nitrogen and oxygen atoms in total. The standard InChI is InChI=1S/C20H28Cl2N4O/c21-17-6-5-16(13-18(17)22)24-9-11-25(12-10-24)20(27)19-14-26(8-7-23-19)15-3-1-2-4-15/h5-6,13,15,19,23H,1-4,7-12,14H2/t19-/m1/s1. The summed E-state index contributed by atoms with van der Waals surface area (Å²) in [6.45, 7) is 5.99.